The molecule has 1 unspecified atom stereocenters. The SMILES string of the molecule is O=C(NCC1CCN(S(=O)(=O)c2ccccc2)CC1)C1Cc2ccccc2O1. The summed E-state index contributed by atoms with van der Waals surface area (Å²) in [5, 5.41) is 2.98. The quantitative estimate of drug-likeness (QED) is 0.835. The molecule has 2 aliphatic rings. The lowest BCUT2D eigenvalue weighted by Gasteiger charge is -2.31. The van der Waals surface area contributed by atoms with E-state index in [1.807, 2.05) is 24.3 Å². The summed E-state index contributed by atoms with van der Waals surface area (Å²) in [5.41, 5.74) is 1.06. The molecule has 148 valence electrons. The zero-order valence-electron chi connectivity index (χ0n) is 15.6. The van der Waals surface area contributed by atoms with Crippen LogP contribution < -0.4 is 10.1 Å². The van der Waals surface area contributed by atoms with Crippen molar-refractivity contribution in [3.63, 3.8) is 0 Å². The summed E-state index contributed by atoms with van der Waals surface area (Å²) >= 11 is 0. The Morgan fingerprint density at radius 2 is 1.71 bits per heavy atom. The van der Waals surface area contributed by atoms with Crippen LogP contribution in [0.5, 0.6) is 5.75 Å². The van der Waals surface area contributed by atoms with Gasteiger partial charge in [0.15, 0.2) is 6.10 Å². The van der Waals surface area contributed by atoms with E-state index in [4.69, 9.17) is 4.74 Å². The maximum atomic E-state index is 12.7. The van der Waals surface area contributed by atoms with Gasteiger partial charge in [0, 0.05) is 26.1 Å². The number of ether oxygens (including phenoxy) is 1. The number of fused-ring (bicyclic) bond motifs is 1. The number of hydrogen-bond donors (Lipinski definition) is 1. The third-order valence-corrected chi connectivity index (χ3v) is 7.37. The molecule has 0 aromatic heterocycles. The number of benzene rings is 2. The van der Waals surface area contributed by atoms with Gasteiger partial charge in [-0.3, -0.25) is 4.79 Å². The van der Waals surface area contributed by atoms with Crippen molar-refractivity contribution in [2.75, 3.05) is 19.6 Å². The number of carbonyl (C=O) groups excluding carboxylic acids is 1. The second kappa shape index (κ2) is 7.93. The van der Waals surface area contributed by atoms with Crippen LogP contribution in [0.25, 0.3) is 0 Å². The standard InChI is InChI=1S/C21H24N2O4S/c24-21(20-14-17-6-4-5-9-19(17)27-20)22-15-16-10-12-23(13-11-16)28(25,26)18-7-2-1-3-8-18/h1-9,16,20H,10-15H2,(H,22,24). The minimum atomic E-state index is -3.43. The zero-order chi connectivity index (χ0) is 19.6. The molecule has 1 amide bonds. The summed E-state index contributed by atoms with van der Waals surface area (Å²) in [5.74, 6) is 0.951. The smallest absolute Gasteiger partial charge is 0.261 e. The number of para-hydroxylation sites is 1. The van der Waals surface area contributed by atoms with Crippen molar-refractivity contribution in [3.05, 3.63) is 60.2 Å². The summed E-state index contributed by atoms with van der Waals surface area (Å²) in [6.45, 7) is 1.50. The summed E-state index contributed by atoms with van der Waals surface area (Å²) in [4.78, 5) is 12.8. The third kappa shape index (κ3) is 3.91. The Bertz CT molecular complexity index is 913. The Balaban J connectivity index is 1.26. The molecular weight excluding hydrogens is 376 g/mol. The predicted molar refractivity (Wildman–Crippen MR) is 105 cm³/mol. The van der Waals surface area contributed by atoms with E-state index in [1.165, 1.54) is 4.31 Å². The first kappa shape index (κ1) is 19.0. The van der Waals surface area contributed by atoms with Gasteiger partial charge in [-0.25, -0.2) is 8.42 Å². The summed E-state index contributed by atoms with van der Waals surface area (Å²) in [7, 11) is -3.43. The van der Waals surface area contributed by atoms with E-state index < -0.39 is 16.1 Å². The highest BCUT2D eigenvalue weighted by Crippen LogP contribution is 2.28. The molecule has 4 rings (SSSR count). The van der Waals surface area contributed by atoms with Crippen LogP contribution in [-0.4, -0.2) is 44.4 Å². The van der Waals surface area contributed by atoms with Gasteiger partial charge >= 0.3 is 0 Å². The van der Waals surface area contributed by atoms with Crippen LogP contribution >= 0.6 is 0 Å². The molecule has 1 N–H and O–H groups in total. The molecular formula is C21H24N2O4S. The highest BCUT2D eigenvalue weighted by molar-refractivity contribution is 7.89. The van der Waals surface area contributed by atoms with Gasteiger partial charge in [0.25, 0.3) is 5.91 Å². The fraction of sp³-hybridized carbons (Fsp3) is 0.381. The van der Waals surface area contributed by atoms with E-state index in [2.05, 4.69) is 5.32 Å². The highest BCUT2D eigenvalue weighted by Gasteiger charge is 2.31. The first-order valence-corrected chi connectivity index (χ1v) is 11.1. The molecule has 6 nitrogen and oxygen atoms in total. The van der Waals surface area contributed by atoms with Gasteiger partial charge in [0.2, 0.25) is 10.0 Å². The molecule has 2 aromatic carbocycles. The fourth-order valence-electron chi connectivity index (χ4n) is 3.78. The lowest BCUT2D eigenvalue weighted by atomic mass is 9.98. The largest absolute Gasteiger partial charge is 0.480 e. The molecule has 0 aliphatic carbocycles. The molecule has 7 heteroatoms. The first-order valence-electron chi connectivity index (χ1n) is 9.61. The van der Waals surface area contributed by atoms with Gasteiger partial charge in [0.1, 0.15) is 5.75 Å². The van der Waals surface area contributed by atoms with Crippen LogP contribution in [0.2, 0.25) is 0 Å². The van der Waals surface area contributed by atoms with Crippen LogP contribution in [0.15, 0.2) is 59.5 Å². The number of rotatable bonds is 5. The van der Waals surface area contributed by atoms with E-state index in [0.29, 0.717) is 31.0 Å². The number of nitrogens with one attached hydrogen (secondary N) is 1. The number of nitrogens with zero attached hydrogens (tertiary/aromatic N) is 1. The summed E-state index contributed by atoms with van der Waals surface area (Å²) in [6.07, 6.45) is 1.59. The average Bonchev–Trinajstić information content (AvgIpc) is 3.17. The molecule has 28 heavy (non-hydrogen) atoms. The number of sulfonamides is 1. The van der Waals surface area contributed by atoms with Crippen molar-refractivity contribution in [2.45, 2.75) is 30.3 Å². The molecule has 1 atom stereocenters. The van der Waals surface area contributed by atoms with Gasteiger partial charge in [-0.1, -0.05) is 36.4 Å². The zero-order valence-corrected chi connectivity index (χ0v) is 16.4. The Kier molecular flexibility index (Phi) is 5.37. The van der Waals surface area contributed by atoms with E-state index in [0.717, 1.165) is 24.2 Å². The summed E-state index contributed by atoms with van der Waals surface area (Å²) in [6, 6.07) is 16.2. The van der Waals surface area contributed by atoms with Crippen LogP contribution in [0.3, 0.4) is 0 Å². The fourth-order valence-corrected chi connectivity index (χ4v) is 5.27. The van der Waals surface area contributed by atoms with Crippen LogP contribution in [0.4, 0.5) is 0 Å². The predicted octanol–water partition coefficient (Wildman–Crippen LogP) is 2.21. The minimum Gasteiger partial charge on any atom is -0.480 e. The maximum absolute atomic E-state index is 12.7. The molecule has 1 fully saturated rings. The molecule has 0 spiro atoms. The number of piperidine rings is 1. The molecule has 0 bridgehead atoms. The van der Waals surface area contributed by atoms with E-state index in [1.54, 1.807) is 30.3 Å². The molecule has 1 saturated heterocycles. The second-order valence-electron chi connectivity index (χ2n) is 7.32. The highest BCUT2D eigenvalue weighted by atomic mass is 32.2. The van der Waals surface area contributed by atoms with Crippen molar-refractivity contribution >= 4 is 15.9 Å². The van der Waals surface area contributed by atoms with E-state index in [9.17, 15) is 13.2 Å². The topological polar surface area (TPSA) is 75.7 Å². The van der Waals surface area contributed by atoms with Crippen molar-refractivity contribution in [3.8, 4) is 5.75 Å². The van der Waals surface area contributed by atoms with Gasteiger partial charge in [-0.15, -0.1) is 0 Å². The Morgan fingerprint density at radius 1 is 1.04 bits per heavy atom. The van der Waals surface area contributed by atoms with Crippen molar-refractivity contribution in [2.24, 2.45) is 5.92 Å². The van der Waals surface area contributed by atoms with Crippen LogP contribution in [0.1, 0.15) is 18.4 Å². The number of amides is 1. The minimum absolute atomic E-state index is 0.101. The van der Waals surface area contributed by atoms with Crippen LogP contribution in [0, 0.1) is 5.92 Å². The third-order valence-electron chi connectivity index (χ3n) is 5.46. The monoisotopic (exact) mass is 400 g/mol. The first-order chi connectivity index (χ1) is 13.5. The van der Waals surface area contributed by atoms with Crippen molar-refractivity contribution in [1.29, 1.82) is 0 Å². The summed E-state index contributed by atoms with van der Waals surface area (Å²) < 4.78 is 32.6. The lowest BCUT2D eigenvalue weighted by Crippen LogP contribution is -2.44. The average molecular weight is 401 g/mol. The van der Waals surface area contributed by atoms with Crippen LogP contribution in [-0.2, 0) is 21.2 Å². The Morgan fingerprint density at radius 3 is 2.43 bits per heavy atom. The molecule has 0 saturated carbocycles. The van der Waals surface area contributed by atoms with E-state index >= 15 is 0 Å². The van der Waals surface area contributed by atoms with E-state index in [-0.39, 0.29) is 11.8 Å². The van der Waals surface area contributed by atoms with Gasteiger partial charge in [-0.05, 0) is 42.5 Å². The molecule has 2 heterocycles. The molecule has 2 aromatic rings. The van der Waals surface area contributed by atoms with Gasteiger partial charge in [0.05, 0.1) is 4.90 Å². The maximum Gasteiger partial charge on any atom is 0.261 e. The second-order valence-corrected chi connectivity index (χ2v) is 9.26. The Labute approximate surface area is 165 Å². The molecule has 2 aliphatic heterocycles. The number of hydrogen-bond acceptors (Lipinski definition) is 4. The van der Waals surface area contributed by atoms with Crippen molar-refractivity contribution < 1.29 is 17.9 Å². The van der Waals surface area contributed by atoms with Crippen molar-refractivity contribution in [1.82, 2.24) is 9.62 Å². The van der Waals surface area contributed by atoms with Gasteiger partial charge in [-0.2, -0.15) is 4.31 Å². The normalized spacial score (nSPS) is 20.4. The lowest BCUT2D eigenvalue weighted by molar-refractivity contribution is -0.127. The molecule has 0 radical (unpaired) electrons. The Hall–Kier alpha value is -2.38. The van der Waals surface area contributed by atoms with Gasteiger partial charge < -0.3 is 10.1 Å². The number of carbonyl (C=O) groups is 1.